The molecule has 0 saturated heterocycles. The fraction of sp³-hybridized carbons (Fsp3) is 0.200. The van der Waals surface area contributed by atoms with Crippen LogP contribution in [0.5, 0.6) is 11.5 Å². The van der Waals surface area contributed by atoms with E-state index in [0.29, 0.717) is 23.7 Å². The lowest BCUT2D eigenvalue weighted by Crippen LogP contribution is -2.17. The summed E-state index contributed by atoms with van der Waals surface area (Å²) in [6, 6.07) is 14.8. The van der Waals surface area contributed by atoms with Crippen molar-refractivity contribution in [1.29, 1.82) is 5.26 Å². The summed E-state index contributed by atoms with van der Waals surface area (Å²) >= 11 is 0. The normalized spacial score (nSPS) is 10.6. The first-order valence-corrected chi connectivity index (χ1v) is 8.00. The lowest BCUT2D eigenvalue weighted by Gasteiger charge is -2.10. The molecule has 6 heteroatoms. The molecule has 2 aromatic carbocycles. The van der Waals surface area contributed by atoms with Crippen LogP contribution in [-0.2, 0) is 11.3 Å². The van der Waals surface area contributed by atoms with Crippen LogP contribution < -0.4 is 20.1 Å². The highest BCUT2D eigenvalue weighted by atomic mass is 16.5. The third-order valence-corrected chi connectivity index (χ3v) is 3.81. The number of methoxy groups -OCH3 is 2. The standard InChI is InChI=1S/C20H21N3O3/c1-14-6-4-5-7-15(14)12-22-13-16(11-21)20(24)23-17-8-9-18(25-2)19(10-17)26-3/h4-10,13,22H,12H2,1-3H3,(H,23,24)/b16-13-. The molecule has 0 aliphatic heterocycles. The first-order valence-electron chi connectivity index (χ1n) is 8.00. The molecule has 26 heavy (non-hydrogen) atoms. The minimum atomic E-state index is -0.503. The van der Waals surface area contributed by atoms with E-state index in [-0.39, 0.29) is 5.57 Å². The molecule has 0 radical (unpaired) electrons. The third kappa shape index (κ3) is 4.77. The Morgan fingerprint density at radius 1 is 1.15 bits per heavy atom. The molecule has 0 aromatic heterocycles. The van der Waals surface area contributed by atoms with Gasteiger partial charge >= 0.3 is 0 Å². The number of benzene rings is 2. The molecular formula is C20H21N3O3. The summed E-state index contributed by atoms with van der Waals surface area (Å²) in [6.45, 7) is 2.54. The molecule has 134 valence electrons. The monoisotopic (exact) mass is 351 g/mol. The van der Waals surface area contributed by atoms with Crippen LogP contribution in [-0.4, -0.2) is 20.1 Å². The first-order chi connectivity index (χ1) is 12.6. The van der Waals surface area contributed by atoms with Gasteiger partial charge in [-0.2, -0.15) is 5.26 Å². The number of amides is 1. The van der Waals surface area contributed by atoms with E-state index >= 15 is 0 Å². The number of ether oxygens (including phenoxy) is 2. The Hall–Kier alpha value is -3.46. The van der Waals surface area contributed by atoms with Crippen LogP contribution >= 0.6 is 0 Å². The molecule has 0 heterocycles. The highest BCUT2D eigenvalue weighted by molar-refractivity contribution is 6.06. The Morgan fingerprint density at radius 3 is 2.54 bits per heavy atom. The number of nitriles is 1. The number of carbonyl (C=O) groups is 1. The molecule has 2 N–H and O–H groups in total. The largest absolute Gasteiger partial charge is 0.493 e. The average molecular weight is 351 g/mol. The molecule has 0 fully saturated rings. The SMILES string of the molecule is COc1ccc(NC(=O)/C(C#N)=C\NCc2ccccc2C)cc1OC. The van der Waals surface area contributed by atoms with E-state index in [0.717, 1.165) is 11.1 Å². The van der Waals surface area contributed by atoms with E-state index in [1.807, 2.05) is 37.3 Å². The molecule has 6 nitrogen and oxygen atoms in total. The lowest BCUT2D eigenvalue weighted by molar-refractivity contribution is -0.112. The predicted octanol–water partition coefficient (Wildman–Crippen LogP) is 3.15. The number of nitrogens with one attached hydrogen (secondary N) is 2. The van der Waals surface area contributed by atoms with Gasteiger partial charge in [-0.25, -0.2) is 0 Å². The summed E-state index contributed by atoms with van der Waals surface area (Å²) in [5.74, 6) is 0.545. The number of hydrogen-bond acceptors (Lipinski definition) is 5. The maximum Gasteiger partial charge on any atom is 0.267 e. The van der Waals surface area contributed by atoms with Crippen LogP contribution in [0.4, 0.5) is 5.69 Å². The first kappa shape index (κ1) is 18.9. The molecule has 2 rings (SSSR count). The van der Waals surface area contributed by atoms with Crippen molar-refractivity contribution in [3.63, 3.8) is 0 Å². The number of rotatable bonds is 7. The maximum atomic E-state index is 12.3. The van der Waals surface area contributed by atoms with Crippen LogP contribution in [0.1, 0.15) is 11.1 Å². The van der Waals surface area contributed by atoms with Crippen LogP contribution in [0, 0.1) is 18.3 Å². The van der Waals surface area contributed by atoms with E-state index in [2.05, 4.69) is 10.6 Å². The quantitative estimate of drug-likeness (QED) is 0.591. The Morgan fingerprint density at radius 2 is 1.88 bits per heavy atom. The van der Waals surface area contributed by atoms with Gasteiger partial charge in [-0.05, 0) is 30.2 Å². The van der Waals surface area contributed by atoms with Crippen molar-refractivity contribution < 1.29 is 14.3 Å². The second-order valence-electron chi connectivity index (χ2n) is 5.50. The summed E-state index contributed by atoms with van der Waals surface area (Å²) in [4.78, 5) is 12.3. The topological polar surface area (TPSA) is 83.4 Å². The Bertz CT molecular complexity index is 854. The van der Waals surface area contributed by atoms with Crippen molar-refractivity contribution in [2.45, 2.75) is 13.5 Å². The number of nitrogens with zero attached hydrogens (tertiary/aromatic N) is 1. The molecule has 2 aromatic rings. The summed E-state index contributed by atoms with van der Waals surface area (Å²) in [7, 11) is 3.05. The second-order valence-corrected chi connectivity index (χ2v) is 5.50. The zero-order chi connectivity index (χ0) is 18.9. The number of anilines is 1. The van der Waals surface area contributed by atoms with Gasteiger partial charge in [-0.15, -0.1) is 0 Å². The van der Waals surface area contributed by atoms with Gasteiger partial charge in [0.05, 0.1) is 14.2 Å². The van der Waals surface area contributed by atoms with Crippen molar-refractivity contribution in [3.8, 4) is 17.6 Å². The van der Waals surface area contributed by atoms with E-state index in [4.69, 9.17) is 9.47 Å². The van der Waals surface area contributed by atoms with Crippen molar-refractivity contribution in [3.05, 3.63) is 65.4 Å². The second kappa shape index (κ2) is 9.14. The van der Waals surface area contributed by atoms with Gasteiger partial charge in [0.15, 0.2) is 11.5 Å². The molecule has 0 atom stereocenters. The zero-order valence-electron chi connectivity index (χ0n) is 15.0. The van der Waals surface area contributed by atoms with Gasteiger partial charge in [-0.3, -0.25) is 4.79 Å². The van der Waals surface area contributed by atoms with E-state index in [9.17, 15) is 10.1 Å². The van der Waals surface area contributed by atoms with Gasteiger partial charge in [0.25, 0.3) is 5.91 Å². The minimum Gasteiger partial charge on any atom is -0.493 e. The lowest BCUT2D eigenvalue weighted by atomic mass is 10.1. The zero-order valence-corrected chi connectivity index (χ0v) is 15.0. The van der Waals surface area contributed by atoms with E-state index in [1.165, 1.54) is 20.4 Å². The van der Waals surface area contributed by atoms with Gasteiger partial charge in [0.1, 0.15) is 11.6 Å². The third-order valence-electron chi connectivity index (χ3n) is 3.81. The van der Waals surface area contributed by atoms with Crippen LogP contribution in [0.25, 0.3) is 0 Å². The van der Waals surface area contributed by atoms with Gasteiger partial charge in [-0.1, -0.05) is 24.3 Å². The highest BCUT2D eigenvalue weighted by Crippen LogP contribution is 2.29. The average Bonchev–Trinajstić information content (AvgIpc) is 2.66. The van der Waals surface area contributed by atoms with Gasteiger partial charge < -0.3 is 20.1 Å². The molecule has 1 amide bonds. The highest BCUT2D eigenvalue weighted by Gasteiger charge is 2.11. The number of hydrogen-bond donors (Lipinski definition) is 2. The van der Waals surface area contributed by atoms with Crippen LogP contribution in [0.2, 0.25) is 0 Å². The number of carbonyl (C=O) groups excluding carboxylic acids is 1. The fourth-order valence-electron chi connectivity index (χ4n) is 2.33. The smallest absolute Gasteiger partial charge is 0.267 e. The number of aryl methyl sites for hydroxylation is 1. The summed E-state index contributed by atoms with van der Waals surface area (Å²) < 4.78 is 10.4. The van der Waals surface area contributed by atoms with E-state index in [1.54, 1.807) is 18.2 Å². The molecule has 0 unspecified atom stereocenters. The predicted molar refractivity (Wildman–Crippen MR) is 99.9 cm³/mol. The maximum absolute atomic E-state index is 12.3. The molecule has 0 aliphatic rings. The molecule has 0 spiro atoms. The van der Waals surface area contributed by atoms with Gasteiger partial charge in [0, 0.05) is 24.5 Å². The Balaban J connectivity index is 2.04. The molecule has 0 saturated carbocycles. The summed E-state index contributed by atoms with van der Waals surface area (Å²) in [5.41, 5.74) is 2.73. The van der Waals surface area contributed by atoms with E-state index < -0.39 is 5.91 Å². The fourth-order valence-corrected chi connectivity index (χ4v) is 2.33. The van der Waals surface area contributed by atoms with Crippen molar-refractivity contribution in [2.75, 3.05) is 19.5 Å². The Labute approximate surface area is 153 Å². The summed E-state index contributed by atoms with van der Waals surface area (Å²) in [6.07, 6.45) is 1.42. The van der Waals surface area contributed by atoms with Gasteiger partial charge in [0.2, 0.25) is 0 Å². The molecule has 0 bridgehead atoms. The van der Waals surface area contributed by atoms with Crippen molar-refractivity contribution in [2.24, 2.45) is 0 Å². The Kier molecular flexibility index (Phi) is 6.63. The molecular weight excluding hydrogens is 330 g/mol. The summed E-state index contributed by atoms with van der Waals surface area (Å²) in [5, 5.41) is 14.9. The molecule has 0 aliphatic carbocycles. The van der Waals surface area contributed by atoms with Crippen LogP contribution in [0.15, 0.2) is 54.2 Å². The van der Waals surface area contributed by atoms with Crippen molar-refractivity contribution >= 4 is 11.6 Å². The minimum absolute atomic E-state index is 0.0200. The van der Waals surface area contributed by atoms with Crippen molar-refractivity contribution in [1.82, 2.24) is 5.32 Å². The van der Waals surface area contributed by atoms with Crippen LogP contribution in [0.3, 0.4) is 0 Å².